The van der Waals surface area contributed by atoms with Crippen LogP contribution < -0.4 is 5.32 Å². The first-order chi connectivity index (χ1) is 7.77. The van der Waals surface area contributed by atoms with Gasteiger partial charge in [0.2, 0.25) is 0 Å². The third-order valence-electron chi connectivity index (χ3n) is 3.13. The summed E-state index contributed by atoms with van der Waals surface area (Å²) in [6.45, 7) is 1.81. The standard InChI is InChI=1S/C12H23NO3/c1-13-8-3-9-16-11-6-4-10(5-7-11)12(14)15-2/h10-11,13H,3-9H2,1-2H3. The maximum atomic E-state index is 11.3. The summed E-state index contributed by atoms with van der Waals surface area (Å²) >= 11 is 0. The predicted molar refractivity (Wildman–Crippen MR) is 62.3 cm³/mol. The molecule has 1 fully saturated rings. The Balaban J connectivity index is 2.10. The second kappa shape index (κ2) is 7.63. The van der Waals surface area contributed by atoms with Gasteiger partial charge in [-0.3, -0.25) is 4.79 Å². The SMILES string of the molecule is CNCCCOC1CCC(C(=O)OC)CC1. The molecule has 1 saturated carbocycles. The van der Waals surface area contributed by atoms with E-state index in [4.69, 9.17) is 9.47 Å². The number of carbonyl (C=O) groups excluding carboxylic acids is 1. The minimum atomic E-state index is -0.0615. The number of hydrogen-bond acceptors (Lipinski definition) is 4. The molecule has 16 heavy (non-hydrogen) atoms. The number of hydrogen-bond donors (Lipinski definition) is 1. The van der Waals surface area contributed by atoms with Gasteiger partial charge in [0, 0.05) is 6.61 Å². The average Bonchev–Trinajstić information content (AvgIpc) is 2.34. The van der Waals surface area contributed by atoms with Crippen LogP contribution in [0.15, 0.2) is 0 Å². The molecule has 0 atom stereocenters. The molecule has 94 valence electrons. The highest BCUT2D eigenvalue weighted by Gasteiger charge is 2.26. The van der Waals surface area contributed by atoms with Crippen molar-refractivity contribution in [2.45, 2.75) is 38.2 Å². The number of methoxy groups -OCH3 is 1. The Labute approximate surface area is 97.7 Å². The topological polar surface area (TPSA) is 47.6 Å². The minimum Gasteiger partial charge on any atom is -0.469 e. The second-order valence-electron chi connectivity index (χ2n) is 4.32. The normalized spacial score (nSPS) is 25.4. The number of esters is 1. The summed E-state index contributed by atoms with van der Waals surface area (Å²) in [5.41, 5.74) is 0. The van der Waals surface area contributed by atoms with Crippen LogP contribution in [0.5, 0.6) is 0 Å². The van der Waals surface area contributed by atoms with Gasteiger partial charge in [-0.2, -0.15) is 0 Å². The maximum Gasteiger partial charge on any atom is 0.308 e. The Morgan fingerprint density at radius 2 is 2.00 bits per heavy atom. The predicted octanol–water partition coefficient (Wildman–Crippen LogP) is 1.34. The van der Waals surface area contributed by atoms with E-state index in [2.05, 4.69) is 5.32 Å². The molecule has 0 aromatic carbocycles. The van der Waals surface area contributed by atoms with E-state index < -0.39 is 0 Å². The van der Waals surface area contributed by atoms with Crippen molar-refractivity contribution in [1.29, 1.82) is 0 Å². The van der Waals surface area contributed by atoms with Crippen molar-refractivity contribution < 1.29 is 14.3 Å². The van der Waals surface area contributed by atoms with Crippen LogP contribution in [0.1, 0.15) is 32.1 Å². The van der Waals surface area contributed by atoms with Crippen LogP contribution in [-0.4, -0.2) is 39.4 Å². The lowest BCUT2D eigenvalue weighted by molar-refractivity contribution is -0.147. The highest BCUT2D eigenvalue weighted by molar-refractivity contribution is 5.72. The van der Waals surface area contributed by atoms with Crippen molar-refractivity contribution in [2.24, 2.45) is 5.92 Å². The minimum absolute atomic E-state index is 0.0615. The van der Waals surface area contributed by atoms with Gasteiger partial charge in [0.25, 0.3) is 0 Å². The quantitative estimate of drug-likeness (QED) is 0.551. The summed E-state index contributed by atoms with van der Waals surface area (Å²) in [6.07, 6.45) is 5.18. The van der Waals surface area contributed by atoms with Gasteiger partial charge < -0.3 is 14.8 Å². The number of ether oxygens (including phenoxy) is 2. The van der Waals surface area contributed by atoms with Gasteiger partial charge in [-0.05, 0) is 45.7 Å². The molecule has 4 nitrogen and oxygen atoms in total. The number of rotatable bonds is 6. The fourth-order valence-corrected chi connectivity index (χ4v) is 2.13. The van der Waals surface area contributed by atoms with Crippen molar-refractivity contribution in [3.63, 3.8) is 0 Å². The average molecular weight is 229 g/mol. The Hall–Kier alpha value is -0.610. The van der Waals surface area contributed by atoms with Crippen LogP contribution in [0.25, 0.3) is 0 Å². The van der Waals surface area contributed by atoms with Crippen molar-refractivity contribution in [3.05, 3.63) is 0 Å². The van der Waals surface area contributed by atoms with E-state index in [9.17, 15) is 4.79 Å². The van der Waals surface area contributed by atoms with Crippen LogP contribution in [0.4, 0.5) is 0 Å². The molecule has 4 heteroatoms. The fraction of sp³-hybridized carbons (Fsp3) is 0.917. The van der Waals surface area contributed by atoms with Crippen molar-refractivity contribution in [2.75, 3.05) is 27.3 Å². The third kappa shape index (κ3) is 4.49. The molecule has 1 rings (SSSR count). The maximum absolute atomic E-state index is 11.3. The van der Waals surface area contributed by atoms with E-state index in [0.717, 1.165) is 45.3 Å². The summed E-state index contributed by atoms with van der Waals surface area (Å²) in [6, 6.07) is 0. The van der Waals surface area contributed by atoms with Gasteiger partial charge >= 0.3 is 5.97 Å². The van der Waals surface area contributed by atoms with Gasteiger partial charge in [-0.25, -0.2) is 0 Å². The highest BCUT2D eigenvalue weighted by atomic mass is 16.5. The largest absolute Gasteiger partial charge is 0.469 e. The molecule has 0 spiro atoms. The summed E-state index contributed by atoms with van der Waals surface area (Å²) in [4.78, 5) is 11.3. The molecule has 1 N–H and O–H groups in total. The van der Waals surface area contributed by atoms with Crippen LogP contribution in [0.3, 0.4) is 0 Å². The monoisotopic (exact) mass is 229 g/mol. The lowest BCUT2D eigenvalue weighted by Gasteiger charge is -2.26. The van der Waals surface area contributed by atoms with E-state index in [1.807, 2.05) is 7.05 Å². The van der Waals surface area contributed by atoms with Gasteiger partial charge in [0.15, 0.2) is 0 Å². The van der Waals surface area contributed by atoms with Crippen molar-refractivity contribution in [3.8, 4) is 0 Å². The van der Waals surface area contributed by atoms with E-state index in [-0.39, 0.29) is 11.9 Å². The Kier molecular flexibility index (Phi) is 6.42. The molecule has 1 aliphatic carbocycles. The lowest BCUT2D eigenvalue weighted by atomic mass is 9.87. The molecule has 0 radical (unpaired) electrons. The first-order valence-electron chi connectivity index (χ1n) is 6.12. The highest BCUT2D eigenvalue weighted by Crippen LogP contribution is 2.26. The molecule has 1 aliphatic rings. The lowest BCUT2D eigenvalue weighted by Crippen LogP contribution is -2.27. The molecule has 0 aromatic heterocycles. The van der Waals surface area contributed by atoms with Crippen molar-refractivity contribution in [1.82, 2.24) is 5.32 Å². The molecule has 0 saturated heterocycles. The van der Waals surface area contributed by atoms with Gasteiger partial charge in [0.1, 0.15) is 0 Å². The zero-order valence-electron chi connectivity index (χ0n) is 10.3. The van der Waals surface area contributed by atoms with E-state index in [0.29, 0.717) is 6.10 Å². The van der Waals surface area contributed by atoms with E-state index >= 15 is 0 Å². The summed E-state index contributed by atoms with van der Waals surface area (Å²) < 4.78 is 10.5. The van der Waals surface area contributed by atoms with Gasteiger partial charge in [-0.15, -0.1) is 0 Å². The number of nitrogens with one attached hydrogen (secondary N) is 1. The smallest absolute Gasteiger partial charge is 0.308 e. The van der Waals surface area contributed by atoms with Crippen LogP contribution >= 0.6 is 0 Å². The molecular formula is C12H23NO3. The first-order valence-corrected chi connectivity index (χ1v) is 6.12. The van der Waals surface area contributed by atoms with Crippen LogP contribution in [0, 0.1) is 5.92 Å². The van der Waals surface area contributed by atoms with Gasteiger partial charge in [0.05, 0.1) is 19.1 Å². The summed E-state index contributed by atoms with van der Waals surface area (Å²) in [5.74, 6) is 0.0378. The zero-order valence-corrected chi connectivity index (χ0v) is 10.3. The molecule has 0 amide bonds. The fourth-order valence-electron chi connectivity index (χ4n) is 2.13. The van der Waals surface area contributed by atoms with Crippen LogP contribution in [-0.2, 0) is 14.3 Å². The Morgan fingerprint density at radius 3 is 2.56 bits per heavy atom. The van der Waals surface area contributed by atoms with Crippen LogP contribution in [0.2, 0.25) is 0 Å². The molecule has 0 bridgehead atoms. The molecular weight excluding hydrogens is 206 g/mol. The molecule has 0 heterocycles. The first kappa shape index (κ1) is 13.5. The van der Waals surface area contributed by atoms with E-state index in [1.165, 1.54) is 7.11 Å². The Morgan fingerprint density at radius 1 is 1.31 bits per heavy atom. The van der Waals surface area contributed by atoms with Gasteiger partial charge in [-0.1, -0.05) is 0 Å². The summed E-state index contributed by atoms with van der Waals surface area (Å²) in [5, 5.41) is 3.09. The molecule has 0 aliphatic heterocycles. The zero-order chi connectivity index (χ0) is 11.8. The third-order valence-corrected chi connectivity index (χ3v) is 3.13. The molecule has 0 aromatic rings. The second-order valence-corrected chi connectivity index (χ2v) is 4.32. The number of carbonyl (C=O) groups is 1. The molecule has 0 unspecified atom stereocenters. The van der Waals surface area contributed by atoms with E-state index in [1.54, 1.807) is 0 Å². The Bertz CT molecular complexity index is 200. The summed E-state index contributed by atoms with van der Waals surface area (Å²) in [7, 11) is 3.41. The van der Waals surface area contributed by atoms with Crippen molar-refractivity contribution >= 4 is 5.97 Å².